The summed E-state index contributed by atoms with van der Waals surface area (Å²) in [6.45, 7) is 5.96. The molecule has 0 heterocycles. The van der Waals surface area contributed by atoms with Crippen LogP contribution in [0.5, 0.6) is 5.75 Å². The SMILES string of the molecule is CCOc1ccc(C(=O)N[C@@H](C(=O)OCc2ccc([N+](=O)[O-])cc2)C(C)C)cc1. The highest BCUT2D eigenvalue weighted by atomic mass is 16.6. The number of benzene rings is 2. The van der Waals surface area contributed by atoms with Crippen molar-refractivity contribution in [1.29, 1.82) is 0 Å². The molecule has 2 aromatic rings. The molecule has 0 aliphatic carbocycles. The normalized spacial score (nSPS) is 11.6. The summed E-state index contributed by atoms with van der Waals surface area (Å²) in [5.41, 5.74) is 0.981. The Kier molecular flexibility index (Phi) is 7.70. The van der Waals surface area contributed by atoms with Crippen molar-refractivity contribution >= 4 is 17.6 Å². The van der Waals surface area contributed by atoms with E-state index >= 15 is 0 Å². The number of non-ortho nitro benzene ring substituents is 1. The van der Waals surface area contributed by atoms with E-state index in [1.807, 2.05) is 6.92 Å². The van der Waals surface area contributed by atoms with Crippen molar-refractivity contribution in [2.24, 2.45) is 5.92 Å². The van der Waals surface area contributed by atoms with E-state index < -0.39 is 16.9 Å². The van der Waals surface area contributed by atoms with Crippen LogP contribution in [0.15, 0.2) is 48.5 Å². The zero-order valence-corrected chi connectivity index (χ0v) is 16.6. The molecular weight excluding hydrogens is 376 g/mol. The van der Waals surface area contributed by atoms with Gasteiger partial charge in [0.25, 0.3) is 11.6 Å². The summed E-state index contributed by atoms with van der Waals surface area (Å²) in [6.07, 6.45) is 0. The van der Waals surface area contributed by atoms with Gasteiger partial charge in [-0.1, -0.05) is 13.8 Å². The van der Waals surface area contributed by atoms with Gasteiger partial charge < -0.3 is 14.8 Å². The van der Waals surface area contributed by atoms with Gasteiger partial charge in [-0.15, -0.1) is 0 Å². The number of carbonyl (C=O) groups excluding carboxylic acids is 2. The van der Waals surface area contributed by atoms with Crippen LogP contribution in [0.4, 0.5) is 5.69 Å². The van der Waals surface area contributed by atoms with Crippen LogP contribution in [-0.4, -0.2) is 29.4 Å². The maximum Gasteiger partial charge on any atom is 0.329 e. The average molecular weight is 400 g/mol. The summed E-state index contributed by atoms with van der Waals surface area (Å²) in [7, 11) is 0. The predicted molar refractivity (Wildman–Crippen MR) is 107 cm³/mol. The number of nitro groups is 1. The molecule has 0 bridgehead atoms. The number of amides is 1. The molecule has 2 aromatic carbocycles. The fourth-order valence-electron chi connectivity index (χ4n) is 2.55. The lowest BCUT2D eigenvalue weighted by molar-refractivity contribution is -0.384. The standard InChI is InChI=1S/C21H24N2O6/c1-4-28-18-11-7-16(8-12-18)20(24)22-19(14(2)3)21(25)29-13-15-5-9-17(10-6-15)23(26)27/h5-12,14,19H,4,13H2,1-3H3,(H,22,24)/t19-/m1/s1. The molecule has 0 saturated heterocycles. The Morgan fingerprint density at radius 3 is 2.21 bits per heavy atom. The van der Waals surface area contributed by atoms with Gasteiger partial charge in [-0.25, -0.2) is 4.79 Å². The average Bonchev–Trinajstić information content (AvgIpc) is 2.71. The van der Waals surface area contributed by atoms with Gasteiger partial charge in [0.05, 0.1) is 11.5 Å². The van der Waals surface area contributed by atoms with Crippen molar-refractivity contribution in [2.45, 2.75) is 33.4 Å². The van der Waals surface area contributed by atoms with Gasteiger partial charge in [-0.05, 0) is 54.8 Å². The number of esters is 1. The number of nitrogens with zero attached hydrogens (tertiary/aromatic N) is 1. The zero-order chi connectivity index (χ0) is 21.4. The molecule has 8 heteroatoms. The molecule has 0 unspecified atom stereocenters. The highest BCUT2D eigenvalue weighted by molar-refractivity contribution is 5.96. The topological polar surface area (TPSA) is 108 Å². The van der Waals surface area contributed by atoms with Crippen molar-refractivity contribution in [3.8, 4) is 5.75 Å². The molecule has 0 fully saturated rings. The van der Waals surface area contributed by atoms with E-state index in [-0.39, 0.29) is 24.1 Å². The molecule has 154 valence electrons. The van der Waals surface area contributed by atoms with Crippen LogP contribution in [0.25, 0.3) is 0 Å². The highest BCUT2D eigenvalue weighted by Gasteiger charge is 2.26. The maximum atomic E-state index is 12.5. The lowest BCUT2D eigenvalue weighted by Gasteiger charge is -2.21. The molecule has 0 aromatic heterocycles. The lowest BCUT2D eigenvalue weighted by atomic mass is 10.0. The van der Waals surface area contributed by atoms with Gasteiger partial charge in [-0.2, -0.15) is 0 Å². The first-order chi connectivity index (χ1) is 13.8. The Balaban J connectivity index is 1.97. The molecule has 0 saturated carbocycles. The molecule has 0 aliphatic heterocycles. The highest BCUT2D eigenvalue weighted by Crippen LogP contribution is 2.15. The van der Waals surface area contributed by atoms with Gasteiger partial charge >= 0.3 is 5.97 Å². The quantitative estimate of drug-likeness (QED) is 0.392. The monoisotopic (exact) mass is 400 g/mol. The van der Waals surface area contributed by atoms with Gasteiger partial charge in [0.15, 0.2) is 0 Å². The molecule has 0 spiro atoms. The third-order valence-corrected chi connectivity index (χ3v) is 4.16. The largest absolute Gasteiger partial charge is 0.494 e. The van der Waals surface area contributed by atoms with Crippen LogP contribution in [0.2, 0.25) is 0 Å². The summed E-state index contributed by atoms with van der Waals surface area (Å²) in [5.74, 6) is -0.491. The van der Waals surface area contributed by atoms with Crippen LogP contribution in [0, 0.1) is 16.0 Å². The van der Waals surface area contributed by atoms with Gasteiger partial charge in [-0.3, -0.25) is 14.9 Å². The number of rotatable bonds is 9. The van der Waals surface area contributed by atoms with Crippen LogP contribution >= 0.6 is 0 Å². The summed E-state index contributed by atoms with van der Waals surface area (Å²) in [5, 5.41) is 13.4. The van der Waals surface area contributed by atoms with Gasteiger partial charge in [0, 0.05) is 17.7 Å². The second kappa shape index (κ2) is 10.2. The van der Waals surface area contributed by atoms with E-state index in [4.69, 9.17) is 9.47 Å². The molecule has 0 aliphatic rings. The van der Waals surface area contributed by atoms with E-state index in [2.05, 4.69) is 5.32 Å². The molecule has 0 radical (unpaired) electrons. The second-order valence-corrected chi connectivity index (χ2v) is 6.68. The minimum Gasteiger partial charge on any atom is -0.494 e. The minimum absolute atomic E-state index is 0.0391. The third-order valence-electron chi connectivity index (χ3n) is 4.16. The Labute approximate surface area is 169 Å². The molecule has 29 heavy (non-hydrogen) atoms. The fourth-order valence-corrected chi connectivity index (χ4v) is 2.55. The minimum atomic E-state index is -0.827. The van der Waals surface area contributed by atoms with Crippen LogP contribution in [0.1, 0.15) is 36.7 Å². The first-order valence-electron chi connectivity index (χ1n) is 9.25. The van der Waals surface area contributed by atoms with Crippen molar-refractivity contribution in [1.82, 2.24) is 5.32 Å². The summed E-state index contributed by atoms with van der Waals surface area (Å²) >= 11 is 0. The van der Waals surface area contributed by atoms with Crippen molar-refractivity contribution in [2.75, 3.05) is 6.61 Å². The third kappa shape index (κ3) is 6.31. The predicted octanol–water partition coefficient (Wildman–Crippen LogP) is 3.49. The van der Waals surface area contributed by atoms with E-state index in [1.54, 1.807) is 38.1 Å². The molecule has 8 nitrogen and oxygen atoms in total. The Morgan fingerprint density at radius 1 is 1.07 bits per heavy atom. The van der Waals surface area contributed by atoms with Crippen molar-refractivity contribution in [3.05, 3.63) is 69.8 Å². The summed E-state index contributed by atoms with van der Waals surface area (Å²) < 4.78 is 10.6. The van der Waals surface area contributed by atoms with Crippen molar-refractivity contribution in [3.63, 3.8) is 0 Å². The number of carbonyl (C=O) groups is 2. The number of hydrogen-bond acceptors (Lipinski definition) is 6. The Hall–Kier alpha value is -3.42. The first kappa shape index (κ1) is 21.9. The Morgan fingerprint density at radius 2 is 1.69 bits per heavy atom. The second-order valence-electron chi connectivity index (χ2n) is 6.68. The molecule has 2 rings (SSSR count). The number of nitro benzene ring substituents is 1. The summed E-state index contributed by atoms with van der Waals surface area (Å²) in [6, 6.07) is 11.5. The number of nitrogens with one attached hydrogen (secondary N) is 1. The molecule has 1 N–H and O–H groups in total. The number of hydrogen-bond donors (Lipinski definition) is 1. The van der Waals surface area contributed by atoms with Gasteiger partial charge in [0.2, 0.25) is 0 Å². The summed E-state index contributed by atoms with van der Waals surface area (Å²) in [4.78, 5) is 35.1. The number of ether oxygens (including phenoxy) is 2. The zero-order valence-electron chi connectivity index (χ0n) is 16.6. The molecule has 1 amide bonds. The van der Waals surface area contributed by atoms with Crippen LogP contribution in [0.3, 0.4) is 0 Å². The van der Waals surface area contributed by atoms with Gasteiger partial charge in [0.1, 0.15) is 18.4 Å². The fraction of sp³-hybridized carbons (Fsp3) is 0.333. The smallest absolute Gasteiger partial charge is 0.329 e. The van der Waals surface area contributed by atoms with E-state index in [1.165, 1.54) is 24.3 Å². The molecular formula is C21H24N2O6. The van der Waals surface area contributed by atoms with Crippen LogP contribution < -0.4 is 10.1 Å². The van der Waals surface area contributed by atoms with E-state index in [9.17, 15) is 19.7 Å². The molecule has 1 atom stereocenters. The van der Waals surface area contributed by atoms with E-state index in [0.717, 1.165) is 0 Å². The van der Waals surface area contributed by atoms with E-state index in [0.29, 0.717) is 23.5 Å². The first-order valence-corrected chi connectivity index (χ1v) is 9.25. The maximum absolute atomic E-state index is 12.5. The Bertz CT molecular complexity index is 846. The van der Waals surface area contributed by atoms with Crippen LogP contribution in [-0.2, 0) is 16.1 Å². The lowest BCUT2D eigenvalue weighted by Crippen LogP contribution is -2.45. The van der Waals surface area contributed by atoms with Crippen molar-refractivity contribution < 1.29 is 24.0 Å².